The van der Waals surface area contributed by atoms with Crippen molar-refractivity contribution in [3.8, 4) is 6.07 Å². The van der Waals surface area contributed by atoms with Crippen LogP contribution in [0.5, 0.6) is 0 Å². The van der Waals surface area contributed by atoms with Gasteiger partial charge < -0.3 is 21.1 Å². The number of nitrogens with one attached hydrogen (secondary N) is 3. The highest BCUT2D eigenvalue weighted by atomic mass is 35.5. The smallest absolute Gasteiger partial charge is 0.224 e. The average Bonchev–Trinajstić information content (AvgIpc) is 2.95. The minimum atomic E-state index is -0.0575. The molecule has 4 bridgehead atoms. The van der Waals surface area contributed by atoms with E-state index in [9.17, 15) is 10.4 Å². The zero-order valence-corrected chi connectivity index (χ0v) is 24.2. The highest BCUT2D eigenvalue weighted by Gasteiger charge is 2.54. The van der Waals surface area contributed by atoms with E-state index in [4.69, 9.17) is 16.6 Å². The van der Waals surface area contributed by atoms with Gasteiger partial charge in [-0.05, 0) is 124 Å². The van der Waals surface area contributed by atoms with Crippen molar-refractivity contribution in [3.05, 3.63) is 46.6 Å². The van der Waals surface area contributed by atoms with E-state index in [1.165, 1.54) is 51.4 Å². The molecule has 214 valence electrons. The first kappa shape index (κ1) is 27.8. The Morgan fingerprint density at radius 2 is 1.82 bits per heavy atom. The van der Waals surface area contributed by atoms with Crippen LogP contribution in [0.3, 0.4) is 0 Å². The maximum Gasteiger partial charge on any atom is 0.224 e. The molecule has 1 aromatic heterocycles. The monoisotopic (exact) mass is 562 g/mol. The molecule has 2 aromatic rings. The molecule has 5 saturated carbocycles. The molecule has 0 spiro atoms. The standard InChI is InChI=1S/C32H43ClN6O/c33-29-4-2-1-3-23(29)17-36-31-37-18-26(16-34)30(39-31)38-20-32-13-22-11-24(14-32)28(25(12-22)15-32)19-35-10-9-21-5-7-27(40)8-6-21/h1-4,18,21-22,24-25,27-28,35,40H,5-15,17,19-20H2,(H2,36,37,38,39)/t21?,22?,24-,25+,27?,28?,32?. The van der Waals surface area contributed by atoms with Gasteiger partial charge in [-0.15, -0.1) is 0 Å². The molecule has 8 heteroatoms. The Bertz CT molecular complexity index is 1190. The number of aromatic nitrogens is 2. The van der Waals surface area contributed by atoms with Crippen LogP contribution in [0.2, 0.25) is 5.02 Å². The summed E-state index contributed by atoms with van der Waals surface area (Å²) in [5.41, 5.74) is 1.78. The van der Waals surface area contributed by atoms with Crippen molar-refractivity contribution in [1.82, 2.24) is 15.3 Å². The summed E-state index contributed by atoms with van der Waals surface area (Å²) in [6, 6.07) is 10.0. The van der Waals surface area contributed by atoms with Crippen LogP contribution in [-0.4, -0.2) is 40.8 Å². The van der Waals surface area contributed by atoms with Gasteiger partial charge in [0, 0.05) is 18.1 Å². The minimum Gasteiger partial charge on any atom is -0.393 e. The van der Waals surface area contributed by atoms with Gasteiger partial charge in [0.1, 0.15) is 17.5 Å². The predicted octanol–water partition coefficient (Wildman–Crippen LogP) is 6.00. The van der Waals surface area contributed by atoms with Gasteiger partial charge >= 0.3 is 0 Å². The number of anilines is 2. The molecule has 1 heterocycles. The van der Waals surface area contributed by atoms with Crippen LogP contribution in [0, 0.1) is 46.3 Å². The molecule has 0 saturated heterocycles. The SMILES string of the molecule is N#Cc1cnc(NCc2ccccc2Cl)nc1NCC12CC3C[C@H](C1)C(CNCCC1CCC(O)CC1)[C@@H](C3)C2. The highest BCUT2D eigenvalue weighted by Crippen LogP contribution is 2.62. The Kier molecular flexibility index (Phi) is 8.48. The van der Waals surface area contributed by atoms with Crippen molar-refractivity contribution < 1.29 is 5.11 Å². The van der Waals surface area contributed by atoms with E-state index < -0.39 is 0 Å². The normalized spacial score (nSPS) is 32.5. The summed E-state index contributed by atoms with van der Waals surface area (Å²) in [4.78, 5) is 9.05. The van der Waals surface area contributed by atoms with Gasteiger partial charge in [0.15, 0.2) is 0 Å². The molecule has 4 N–H and O–H groups in total. The Labute approximate surface area is 243 Å². The molecule has 5 aliphatic rings. The van der Waals surface area contributed by atoms with E-state index >= 15 is 0 Å². The number of benzene rings is 1. The van der Waals surface area contributed by atoms with Gasteiger partial charge in [-0.1, -0.05) is 29.8 Å². The zero-order chi connectivity index (χ0) is 27.5. The molecule has 3 unspecified atom stereocenters. The second-order valence-corrected chi connectivity index (χ2v) is 13.6. The van der Waals surface area contributed by atoms with Crippen molar-refractivity contribution in [3.63, 3.8) is 0 Å². The van der Waals surface area contributed by atoms with Gasteiger partial charge in [0.25, 0.3) is 0 Å². The molecule has 5 fully saturated rings. The quantitative estimate of drug-likeness (QED) is 0.249. The number of halogens is 1. The lowest BCUT2D eigenvalue weighted by atomic mass is 9.46. The lowest BCUT2D eigenvalue weighted by Gasteiger charge is -2.60. The Morgan fingerprint density at radius 1 is 1.05 bits per heavy atom. The predicted molar refractivity (Wildman–Crippen MR) is 159 cm³/mol. The van der Waals surface area contributed by atoms with Crippen molar-refractivity contribution in [2.24, 2.45) is 35.0 Å². The Balaban J connectivity index is 1.03. The van der Waals surface area contributed by atoms with Crippen LogP contribution < -0.4 is 16.0 Å². The van der Waals surface area contributed by atoms with Crippen LogP contribution in [-0.2, 0) is 6.54 Å². The molecule has 0 radical (unpaired) electrons. The van der Waals surface area contributed by atoms with E-state index in [0.717, 1.165) is 67.6 Å². The molecule has 1 aromatic carbocycles. The molecular formula is C32H43ClN6O. The van der Waals surface area contributed by atoms with Gasteiger partial charge in [-0.3, -0.25) is 0 Å². The van der Waals surface area contributed by atoms with Crippen LogP contribution in [0.15, 0.2) is 30.5 Å². The summed E-state index contributed by atoms with van der Waals surface area (Å²) in [7, 11) is 0. The first-order valence-electron chi connectivity index (χ1n) is 15.4. The largest absolute Gasteiger partial charge is 0.393 e. The summed E-state index contributed by atoms with van der Waals surface area (Å²) in [5.74, 6) is 5.17. The molecule has 5 aliphatic carbocycles. The maximum absolute atomic E-state index is 9.77. The number of nitriles is 1. The summed E-state index contributed by atoms with van der Waals surface area (Å²) < 4.78 is 0. The summed E-state index contributed by atoms with van der Waals surface area (Å²) in [5, 5.41) is 30.9. The summed E-state index contributed by atoms with van der Waals surface area (Å²) >= 11 is 6.30. The zero-order valence-electron chi connectivity index (χ0n) is 23.4. The van der Waals surface area contributed by atoms with Gasteiger partial charge in [0.2, 0.25) is 5.95 Å². The van der Waals surface area contributed by atoms with Crippen LogP contribution >= 0.6 is 11.6 Å². The molecular weight excluding hydrogens is 520 g/mol. The van der Waals surface area contributed by atoms with Crippen LogP contribution in [0.4, 0.5) is 11.8 Å². The lowest BCUT2D eigenvalue weighted by Crippen LogP contribution is -2.55. The first-order chi connectivity index (χ1) is 19.5. The van der Waals surface area contributed by atoms with Crippen molar-refractivity contribution >= 4 is 23.4 Å². The molecule has 7 rings (SSSR count). The molecule has 7 nitrogen and oxygen atoms in total. The van der Waals surface area contributed by atoms with Crippen molar-refractivity contribution in [2.75, 3.05) is 30.3 Å². The summed E-state index contributed by atoms with van der Waals surface area (Å²) in [6.07, 6.45) is 13.8. The number of aliphatic hydroxyl groups is 1. The Morgan fingerprint density at radius 3 is 2.58 bits per heavy atom. The van der Waals surface area contributed by atoms with Crippen molar-refractivity contribution in [2.45, 2.75) is 76.9 Å². The number of hydrogen-bond donors (Lipinski definition) is 4. The van der Waals surface area contributed by atoms with E-state index in [1.807, 2.05) is 24.3 Å². The summed E-state index contributed by atoms with van der Waals surface area (Å²) in [6.45, 7) is 3.68. The molecule has 0 aliphatic heterocycles. The van der Waals surface area contributed by atoms with Crippen LogP contribution in [0.25, 0.3) is 0 Å². The maximum atomic E-state index is 9.77. The molecule has 40 heavy (non-hydrogen) atoms. The second kappa shape index (κ2) is 12.2. The van der Waals surface area contributed by atoms with Gasteiger partial charge in [-0.25, -0.2) is 4.98 Å². The number of rotatable bonds is 11. The van der Waals surface area contributed by atoms with Gasteiger partial charge in [-0.2, -0.15) is 10.2 Å². The number of aliphatic hydroxyl groups excluding tert-OH is 1. The van der Waals surface area contributed by atoms with E-state index in [2.05, 4.69) is 27.0 Å². The second-order valence-electron chi connectivity index (χ2n) is 13.2. The Hall–Kier alpha value is -2.40. The van der Waals surface area contributed by atoms with Gasteiger partial charge in [0.05, 0.1) is 12.3 Å². The van der Waals surface area contributed by atoms with Crippen molar-refractivity contribution in [1.29, 1.82) is 5.26 Å². The van der Waals surface area contributed by atoms with E-state index in [1.54, 1.807) is 6.20 Å². The highest BCUT2D eigenvalue weighted by molar-refractivity contribution is 6.31. The third-order valence-electron chi connectivity index (χ3n) is 10.5. The third-order valence-corrected chi connectivity index (χ3v) is 10.8. The fraction of sp³-hybridized carbons (Fsp3) is 0.656. The van der Waals surface area contributed by atoms with E-state index in [0.29, 0.717) is 34.3 Å². The minimum absolute atomic E-state index is 0.0575. The number of hydrogen-bond acceptors (Lipinski definition) is 7. The average molecular weight is 563 g/mol. The fourth-order valence-electron chi connectivity index (χ4n) is 8.63. The van der Waals surface area contributed by atoms with E-state index in [-0.39, 0.29) is 6.10 Å². The van der Waals surface area contributed by atoms with Crippen LogP contribution in [0.1, 0.15) is 75.3 Å². The molecule has 0 amide bonds. The lowest BCUT2D eigenvalue weighted by molar-refractivity contribution is -0.0874. The number of nitrogens with zero attached hydrogens (tertiary/aromatic N) is 3. The molecule has 5 atom stereocenters. The topological polar surface area (TPSA) is 106 Å². The first-order valence-corrected chi connectivity index (χ1v) is 15.7. The third kappa shape index (κ3) is 6.25. The fourth-order valence-corrected chi connectivity index (χ4v) is 8.83.